The van der Waals surface area contributed by atoms with Crippen molar-refractivity contribution in [2.45, 2.75) is 95.5 Å². The lowest BCUT2D eigenvalue weighted by molar-refractivity contribution is 0.0600. The van der Waals surface area contributed by atoms with Gasteiger partial charge in [0.2, 0.25) is 0 Å². The quantitative estimate of drug-likeness (QED) is 0.148. The molecule has 0 atom stereocenters. The number of hydrogen-bond acceptors (Lipinski definition) is 5. The summed E-state index contributed by atoms with van der Waals surface area (Å²) in [5.74, 6) is 1.14. The number of aliphatic hydroxyl groups excluding tert-OH is 1. The van der Waals surface area contributed by atoms with Crippen LogP contribution < -0.4 is 9.47 Å². The van der Waals surface area contributed by atoms with Gasteiger partial charge in [-0.25, -0.2) is 13.6 Å². The second-order valence-electron chi connectivity index (χ2n) is 13.4. The van der Waals surface area contributed by atoms with Gasteiger partial charge in [0, 0.05) is 11.1 Å². The van der Waals surface area contributed by atoms with Gasteiger partial charge in [-0.15, -0.1) is 0 Å². The molecule has 266 valence electrons. The van der Waals surface area contributed by atoms with Gasteiger partial charge in [0.25, 0.3) is 0 Å². The van der Waals surface area contributed by atoms with Crippen LogP contribution in [0.15, 0.2) is 72.8 Å². The summed E-state index contributed by atoms with van der Waals surface area (Å²) in [4.78, 5) is 12.0. The fraction of sp³-hybridized carbons (Fsp3) is 0.419. The van der Waals surface area contributed by atoms with E-state index in [1.807, 2.05) is 24.3 Å². The predicted octanol–water partition coefficient (Wildman–Crippen LogP) is 11.2. The van der Waals surface area contributed by atoms with Crippen molar-refractivity contribution in [2.75, 3.05) is 21.3 Å². The van der Waals surface area contributed by atoms with Gasteiger partial charge in [-0.1, -0.05) is 75.6 Å². The Morgan fingerprint density at radius 1 is 0.600 bits per heavy atom. The maximum atomic E-state index is 14.6. The van der Waals surface area contributed by atoms with Crippen LogP contribution in [0.1, 0.15) is 116 Å². The molecule has 0 saturated heterocycles. The molecule has 50 heavy (non-hydrogen) atoms. The summed E-state index contributed by atoms with van der Waals surface area (Å²) in [5, 5.41) is 9.52. The molecule has 0 aromatic heterocycles. The van der Waals surface area contributed by atoms with Crippen LogP contribution in [0, 0.1) is 11.6 Å². The van der Waals surface area contributed by atoms with E-state index in [0.29, 0.717) is 40.0 Å². The highest BCUT2D eigenvalue weighted by atomic mass is 19.1. The second-order valence-corrected chi connectivity index (χ2v) is 13.4. The largest absolute Gasteiger partial charge is 0.497 e. The Morgan fingerprint density at radius 2 is 1.06 bits per heavy atom. The molecule has 5 nitrogen and oxygen atoms in total. The third-order valence-corrected chi connectivity index (χ3v) is 10.3. The van der Waals surface area contributed by atoms with Crippen LogP contribution in [-0.4, -0.2) is 32.4 Å². The fourth-order valence-corrected chi connectivity index (χ4v) is 7.54. The molecule has 2 saturated carbocycles. The predicted molar refractivity (Wildman–Crippen MR) is 195 cm³/mol. The molecule has 2 aliphatic carbocycles. The molecule has 4 aromatic rings. The molecule has 0 bridgehead atoms. The number of benzene rings is 4. The summed E-state index contributed by atoms with van der Waals surface area (Å²) < 4.78 is 44.5. The van der Waals surface area contributed by atoms with Crippen molar-refractivity contribution >= 4 is 5.97 Å². The summed E-state index contributed by atoms with van der Waals surface area (Å²) in [5.41, 5.74) is 6.45. The third kappa shape index (κ3) is 9.11. The van der Waals surface area contributed by atoms with Crippen molar-refractivity contribution in [3.05, 3.63) is 107 Å². The zero-order chi connectivity index (χ0) is 35.5. The van der Waals surface area contributed by atoms with Crippen molar-refractivity contribution in [3.8, 4) is 33.8 Å². The van der Waals surface area contributed by atoms with Gasteiger partial charge in [-0.05, 0) is 114 Å². The van der Waals surface area contributed by atoms with E-state index in [1.165, 1.54) is 57.8 Å². The minimum Gasteiger partial charge on any atom is -0.497 e. The first-order chi connectivity index (χ1) is 24.4. The number of ether oxygens (including phenoxy) is 3. The highest BCUT2D eigenvalue weighted by molar-refractivity contribution is 5.90. The number of halogens is 2. The molecule has 2 aliphatic rings. The molecular formula is C43H50F2O5. The number of methoxy groups -OCH3 is 3. The molecule has 1 N–H and O–H groups in total. The lowest BCUT2D eigenvalue weighted by atomic mass is 9.84. The van der Waals surface area contributed by atoms with E-state index in [2.05, 4.69) is 6.07 Å². The Balaban J connectivity index is 0.000000195. The SMILES string of the molecule is COC(=O)c1ccc(-c2cc(OC)ccc2F)c(C2CCCCCC2)c1.COc1ccc(F)c(-c2ccc(CO)cc2C2CCCCCC2)c1. The summed E-state index contributed by atoms with van der Waals surface area (Å²) >= 11 is 0. The minimum atomic E-state index is -0.363. The van der Waals surface area contributed by atoms with Crippen LogP contribution in [0.25, 0.3) is 22.3 Å². The Kier molecular flexibility index (Phi) is 13.4. The topological polar surface area (TPSA) is 65.0 Å². The normalized spacial score (nSPS) is 15.6. The van der Waals surface area contributed by atoms with Gasteiger partial charge in [-0.2, -0.15) is 0 Å². The van der Waals surface area contributed by atoms with E-state index < -0.39 is 0 Å². The Morgan fingerprint density at radius 3 is 1.50 bits per heavy atom. The first kappa shape index (κ1) is 37.0. The van der Waals surface area contributed by atoms with E-state index in [-0.39, 0.29) is 24.2 Å². The molecule has 0 radical (unpaired) electrons. The number of rotatable bonds is 8. The highest BCUT2D eigenvalue weighted by Crippen LogP contribution is 2.41. The smallest absolute Gasteiger partial charge is 0.337 e. The number of carbonyl (C=O) groups excluding carboxylic acids is 1. The van der Waals surface area contributed by atoms with Crippen LogP contribution in [-0.2, 0) is 11.3 Å². The van der Waals surface area contributed by atoms with E-state index in [4.69, 9.17) is 14.2 Å². The van der Waals surface area contributed by atoms with Gasteiger partial charge in [-0.3, -0.25) is 0 Å². The molecule has 0 heterocycles. The fourth-order valence-electron chi connectivity index (χ4n) is 7.54. The van der Waals surface area contributed by atoms with Gasteiger partial charge in [0.15, 0.2) is 0 Å². The van der Waals surface area contributed by atoms with Gasteiger partial charge < -0.3 is 19.3 Å². The molecule has 0 unspecified atom stereocenters. The number of hydrogen-bond donors (Lipinski definition) is 1. The monoisotopic (exact) mass is 684 g/mol. The summed E-state index contributed by atoms with van der Waals surface area (Å²) in [6.07, 6.45) is 14.2. The van der Waals surface area contributed by atoms with Crippen molar-refractivity contribution in [3.63, 3.8) is 0 Å². The van der Waals surface area contributed by atoms with Gasteiger partial charge in [0.05, 0.1) is 33.5 Å². The average Bonchev–Trinajstić information content (AvgIpc) is 3.61. The van der Waals surface area contributed by atoms with E-state index in [0.717, 1.165) is 66.3 Å². The maximum Gasteiger partial charge on any atom is 0.337 e. The third-order valence-electron chi connectivity index (χ3n) is 10.3. The maximum absolute atomic E-state index is 14.6. The van der Waals surface area contributed by atoms with Crippen LogP contribution in [0.2, 0.25) is 0 Å². The lowest BCUT2D eigenvalue weighted by Crippen LogP contribution is -2.06. The molecule has 0 aliphatic heterocycles. The van der Waals surface area contributed by atoms with E-state index in [1.54, 1.807) is 44.6 Å². The number of carbonyl (C=O) groups is 1. The molecular weight excluding hydrogens is 634 g/mol. The van der Waals surface area contributed by atoms with E-state index in [9.17, 15) is 18.7 Å². The zero-order valence-electron chi connectivity index (χ0n) is 29.6. The summed E-state index contributed by atoms with van der Waals surface area (Å²) in [7, 11) is 4.55. The second kappa shape index (κ2) is 18.1. The minimum absolute atomic E-state index is 0.0145. The van der Waals surface area contributed by atoms with Crippen LogP contribution in [0.4, 0.5) is 8.78 Å². The highest BCUT2D eigenvalue weighted by Gasteiger charge is 2.23. The zero-order valence-corrected chi connectivity index (χ0v) is 29.6. The Labute approximate surface area is 295 Å². The van der Waals surface area contributed by atoms with E-state index >= 15 is 0 Å². The first-order valence-electron chi connectivity index (χ1n) is 18.0. The molecule has 7 heteroatoms. The molecule has 0 spiro atoms. The first-order valence-corrected chi connectivity index (χ1v) is 18.0. The Hall–Kier alpha value is -4.23. The van der Waals surface area contributed by atoms with Crippen molar-refractivity contribution in [1.29, 1.82) is 0 Å². The lowest BCUT2D eigenvalue weighted by Gasteiger charge is -2.20. The molecule has 4 aromatic carbocycles. The molecule has 2 fully saturated rings. The van der Waals surface area contributed by atoms with Crippen LogP contribution >= 0.6 is 0 Å². The van der Waals surface area contributed by atoms with Crippen molar-refractivity contribution in [1.82, 2.24) is 0 Å². The Bertz CT molecular complexity index is 1720. The van der Waals surface area contributed by atoms with Crippen molar-refractivity contribution in [2.24, 2.45) is 0 Å². The molecule has 0 amide bonds. The van der Waals surface area contributed by atoms with Gasteiger partial charge >= 0.3 is 5.97 Å². The van der Waals surface area contributed by atoms with Crippen LogP contribution in [0.3, 0.4) is 0 Å². The number of aliphatic hydroxyl groups is 1. The van der Waals surface area contributed by atoms with Gasteiger partial charge in [0.1, 0.15) is 23.1 Å². The molecule has 6 rings (SSSR count). The number of esters is 1. The van der Waals surface area contributed by atoms with Crippen LogP contribution in [0.5, 0.6) is 11.5 Å². The standard InChI is InChI=1S/C22H25FO3.C21H25FO2/c1-25-17-10-12-21(23)20(14-17)18-11-9-16(22(24)26-2)13-19(18)15-7-5-3-4-6-8-15;1-24-17-9-11-21(22)20(13-17)18-10-8-15(14-23)12-19(18)16-6-4-2-3-5-7-16/h9-15H,3-8H2,1-2H3;8-13,16,23H,2-7,14H2,1H3. The average molecular weight is 685 g/mol. The summed E-state index contributed by atoms with van der Waals surface area (Å²) in [6.45, 7) is 0.0145. The van der Waals surface area contributed by atoms with Crippen molar-refractivity contribution < 1.29 is 32.9 Å². The summed E-state index contributed by atoms with van der Waals surface area (Å²) in [6, 6.07) is 21.0.